The fraction of sp³-hybridized carbons (Fsp3) is 0.393. The van der Waals surface area contributed by atoms with Crippen LogP contribution in [0.15, 0.2) is 61.7 Å². The molecule has 8 nitrogen and oxygen atoms in total. The van der Waals surface area contributed by atoms with Crippen molar-refractivity contribution in [1.29, 1.82) is 0 Å². The Balaban J connectivity index is 0.000000208. The lowest BCUT2D eigenvalue weighted by atomic mass is 9.70. The van der Waals surface area contributed by atoms with E-state index in [0.717, 1.165) is 22.1 Å². The molecule has 5 rings (SSSR count). The summed E-state index contributed by atoms with van der Waals surface area (Å²) < 4.78 is 61.4. The van der Waals surface area contributed by atoms with Crippen LogP contribution in [0, 0.1) is 32.0 Å². The van der Waals surface area contributed by atoms with E-state index in [9.17, 15) is 27.1 Å². The van der Waals surface area contributed by atoms with E-state index < -0.39 is 38.5 Å². The number of ketones is 1. The van der Waals surface area contributed by atoms with Gasteiger partial charge in [0, 0.05) is 15.2 Å². The predicted octanol–water partition coefficient (Wildman–Crippen LogP) is 5.41. The van der Waals surface area contributed by atoms with Gasteiger partial charge in [-0.1, -0.05) is 48.5 Å². The number of alkyl halides is 1. The first kappa shape index (κ1) is 31.9. The Morgan fingerprint density at radius 1 is 1.24 bits per heavy atom. The van der Waals surface area contributed by atoms with Crippen molar-refractivity contribution in [3.05, 3.63) is 88.0 Å². The third-order valence-electron chi connectivity index (χ3n) is 8.47. The molecule has 2 saturated carbocycles. The number of carbonyl (C=O) groups excluding carboxylic acids is 1. The monoisotopic (exact) mass is 763 g/mol. The quantitative estimate of drug-likeness (QED) is 0.188. The minimum atomic E-state index is -4.12. The highest BCUT2D eigenvalue weighted by Gasteiger charge is 2.69. The summed E-state index contributed by atoms with van der Waals surface area (Å²) >= 11 is 5.52. The normalized spacial score (nSPS) is 24.4. The summed E-state index contributed by atoms with van der Waals surface area (Å²) in [5, 5.41) is 15.3. The fourth-order valence-corrected chi connectivity index (χ4v) is 9.09. The molecule has 0 amide bonds. The van der Waals surface area contributed by atoms with E-state index in [0.29, 0.717) is 12.0 Å². The van der Waals surface area contributed by atoms with Gasteiger partial charge in [0.2, 0.25) is 0 Å². The number of fused-ring (bicyclic) bond motifs is 2. The molecule has 0 saturated heterocycles. The van der Waals surface area contributed by atoms with Crippen LogP contribution in [0.4, 0.5) is 8.78 Å². The van der Waals surface area contributed by atoms with Gasteiger partial charge in [-0.05, 0) is 82.2 Å². The van der Waals surface area contributed by atoms with Crippen LogP contribution in [-0.2, 0) is 27.1 Å². The van der Waals surface area contributed by atoms with Crippen LogP contribution in [0.2, 0.25) is 0 Å². The maximum atomic E-state index is 14.4. The summed E-state index contributed by atoms with van der Waals surface area (Å²) in [5.74, 6) is -1.91. The van der Waals surface area contributed by atoms with Gasteiger partial charge in [0.25, 0.3) is 10.1 Å². The topological polar surface area (TPSA) is 122 Å². The molecule has 2 aliphatic rings. The molecule has 0 aliphatic heterocycles. The SMILES string of the molecule is C=C(c1ccc(I)cc1)C(O)(Cn1cncn1)c1ccc(F)cc1F.CC1(C)C2CCC1(CS(=O)(=O)O)C(=O)[C@@H]2Br. The van der Waals surface area contributed by atoms with Gasteiger partial charge in [-0.2, -0.15) is 13.5 Å². The summed E-state index contributed by atoms with van der Waals surface area (Å²) in [6, 6.07) is 10.4. The Labute approximate surface area is 259 Å². The summed E-state index contributed by atoms with van der Waals surface area (Å²) in [6.45, 7) is 7.71. The number of aliphatic hydroxyl groups is 1. The number of hydrogen-bond acceptors (Lipinski definition) is 6. The molecule has 220 valence electrons. The zero-order valence-corrected chi connectivity index (χ0v) is 26.8. The molecule has 0 spiro atoms. The van der Waals surface area contributed by atoms with Gasteiger partial charge >= 0.3 is 0 Å². The highest BCUT2D eigenvalue weighted by Crippen LogP contribution is 2.65. The molecular formula is C28H29BrF2IN3O5S. The van der Waals surface area contributed by atoms with Crippen LogP contribution in [-0.4, -0.2) is 49.2 Å². The molecule has 2 aliphatic carbocycles. The van der Waals surface area contributed by atoms with Gasteiger partial charge in [-0.25, -0.2) is 18.4 Å². The molecule has 13 heteroatoms. The first-order valence-corrected chi connectivity index (χ1v) is 16.2. The number of benzene rings is 2. The van der Waals surface area contributed by atoms with E-state index in [1.165, 1.54) is 23.4 Å². The molecule has 1 aromatic heterocycles. The summed E-state index contributed by atoms with van der Waals surface area (Å²) in [6.07, 6.45) is 4.12. The molecule has 0 radical (unpaired) electrons. The Kier molecular flexibility index (Phi) is 8.97. The van der Waals surface area contributed by atoms with E-state index in [-0.39, 0.29) is 39.6 Å². The van der Waals surface area contributed by atoms with E-state index in [4.69, 9.17) is 4.55 Å². The second-order valence-corrected chi connectivity index (χ2v) is 14.7. The lowest BCUT2D eigenvalue weighted by Crippen LogP contribution is -2.43. The largest absolute Gasteiger partial charge is 0.378 e. The van der Waals surface area contributed by atoms with E-state index in [2.05, 4.69) is 55.2 Å². The molecule has 2 aromatic carbocycles. The maximum absolute atomic E-state index is 14.4. The number of halogens is 4. The van der Waals surface area contributed by atoms with Crippen LogP contribution < -0.4 is 0 Å². The van der Waals surface area contributed by atoms with E-state index >= 15 is 0 Å². The number of Topliss-reactive ketones (excluding diaryl/α,β-unsaturated/α-hetero) is 1. The molecule has 41 heavy (non-hydrogen) atoms. The highest BCUT2D eigenvalue weighted by molar-refractivity contribution is 14.1. The van der Waals surface area contributed by atoms with Crippen molar-refractivity contribution < 1.29 is 31.7 Å². The van der Waals surface area contributed by atoms with Crippen LogP contribution in [0.1, 0.15) is 37.8 Å². The Hall–Kier alpha value is -2.07. The van der Waals surface area contributed by atoms with Crippen molar-refractivity contribution >= 4 is 60.0 Å². The van der Waals surface area contributed by atoms with E-state index in [1.807, 2.05) is 26.0 Å². The number of rotatable bonds is 7. The molecule has 3 aromatic rings. The average molecular weight is 764 g/mol. The van der Waals surface area contributed by atoms with Crippen LogP contribution in [0.25, 0.3) is 5.57 Å². The fourth-order valence-electron chi connectivity index (χ4n) is 6.09. The molecule has 2 bridgehead atoms. The van der Waals surface area contributed by atoms with Crippen LogP contribution >= 0.6 is 38.5 Å². The Morgan fingerprint density at radius 3 is 2.41 bits per heavy atom. The second-order valence-electron chi connectivity index (χ2n) is 11.0. The van der Waals surface area contributed by atoms with Crippen molar-refractivity contribution in [1.82, 2.24) is 14.8 Å². The van der Waals surface area contributed by atoms with Gasteiger partial charge in [-0.15, -0.1) is 0 Å². The molecule has 2 N–H and O–H groups in total. The lowest BCUT2D eigenvalue weighted by molar-refractivity contribution is -0.127. The van der Waals surface area contributed by atoms with E-state index in [1.54, 1.807) is 12.1 Å². The maximum Gasteiger partial charge on any atom is 0.265 e. The zero-order valence-electron chi connectivity index (χ0n) is 22.3. The van der Waals surface area contributed by atoms with Crippen LogP contribution in [0.5, 0.6) is 0 Å². The lowest BCUT2D eigenvalue weighted by Gasteiger charge is -2.35. The molecule has 4 atom stereocenters. The summed E-state index contributed by atoms with van der Waals surface area (Å²) in [5.41, 5.74) is -2.24. The predicted molar refractivity (Wildman–Crippen MR) is 162 cm³/mol. The Bertz CT molecular complexity index is 1570. The number of aromatic nitrogens is 3. The van der Waals surface area contributed by atoms with Gasteiger partial charge in [0.05, 0.1) is 22.5 Å². The minimum absolute atomic E-state index is 0.0635. The molecule has 3 unspecified atom stereocenters. The van der Waals surface area contributed by atoms with Gasteiger partial charge < -0.3 is 5.11 Å². The summed E-state index contributed by atoms with van der Waals surface area (Å²) in [7, 11) is -4.12. The van der Waals surface area contributed by atoms with Crippen molar-refractivity contribution in [3.8, 4) is 0 Å². The van der Waals surface area contributed by atoms with Crippen molar-refractivity contribution in [2.45, 2.75) is 43.7 Å². The van der Waals surface area contributed by atoms with Crippen molar-refractivity contribution in [2.75, 3.05) is 5.75 Å². The van der Waals surface area contributed by atoms with Crippen molar-refractivity contribution in [3.63, 3.8) is 0 Å². The van der Waals surface area contributed by atoms with Gasteiger partial charge in [0.15, 0.2) is 5.78 Å². The summed E-state index contributed by atoms with van der Waals surface area (Å²) in [4.78, 5) is 15.7. The minimum Gasteiger partial charge on any atom is -0.378 e. The molecule has 1 heterocycles. The highest BCUT2D eigenvalue weighted by atomic mass is 127. The number of carbonyl (C=O) groups is 1. The molecular weight excluding hydrogens is 735 g/mol. The third-order valence-corrected chi connectivity index (χ3v) is 11.1. The average Bonchev–Trinajstić information content (AvgIpc) is 3.50. The first-order valence-electron chi connectivity index (χ1n) is 12.6. The smallest absolute Gasteiger partial charge is 0.265 e. The van der Waals surface area contributed by atoms with Crippen molar-refractivity contribution in [2.24, 2.45) is 16.7 Å². The second kappa shape index (κ2) is 11.5. The first-order chi connectivity index (χ1) is 19.0. The zero-order chi connectivity index (χ0) is 30.4. The number of nitrogens with zero attached hydrogens (tertiary/aromatic N) is 3. The van der Waals surface area contributed by atoms with Gasteiger partial charge in [0.1, 0.15) is 29.9 Å². The standard InChI is InChI=1S/C18H14F2IN3O.C10H15BrO4S/c1-12(13-2-5-15(21)6-3-13)18(25,9-24-11-22-10-23-24)16-7-4-14(19)8-17(16)20;1-9(2)6-3-4-10(9,5-16(13,14)15)8(12)7(6)11/h2-8,10-11,25H,1,9H2;6-7H,3-5H2,1-2H3,(H,13,14,15)/t;6?,7-,10?/m.1/s1. The third kappa shape index (κ3) is 6.05. The molecule has 2 fully saturated rings. The Morgan fingerprint density at radius 2 is 1.90 bits per heavy atom. The number of hydrogen-bond donors (Lipinski definition) is 2. The van der Waals surface area contributed by atoms with Gasteiger partial charge in [-0.3, -0.25) is 9.35 Å². The van der Waals surface area contributed by atoms with Crippen LogP contribution in [0.3, 0.4) is 0 Å².